The molecule has 0 aromatic heterocycles. The molecule has 1 aromatic rings. The maximum Gasteiger partial charge on any atom is 0.122 e. The molecule has 0 saturated carbocycles. The molecule has 0 aliphatic heterocycles. The van der Waals surface area contributed by atoms with Gasteiger partial charge in [-0.05, 0) is 31.9 Å². The molecule has 1 rings (SSSR count). The monoisotopic (exact) mass is 223 g/mol. The van der Waals surface area contributed by atoms with E-state index >= 15 is 0 Å². The van der Waals surface area contributed by atoms with Gasteiger partial charge in [-0.25, -0.2) is 0 Å². The number of rotatable bonds is 5. The van der Waals surface area contributed by atoms with E-state index in [1.165, 1.54) is 5.56 Å². The fourth-order valence-electron chi connectivity index (χ4n) is 1.86. The first-order valence-electron chi connectivity index (χ1n) is 5.40. The number of nitrogens with two attached hydrogens (primary N) is 1. The van der Waals surface area contributed by atoms with Crippen LogP contribution in [0.2, 0.25) is 0 Å². The lowest BCUT2D eigenvalue weighted by atomic mass is 9.93. The van der Waals surface area contributed by atoms with Gasteiger partial charge in [-0.1, -0.05) is 17.7 Å². The van der Waals surface area contributed by atoms with Crippen molar-refractivity contribution in [2.24, 2.45) is 5.73 Å². The van der Waals surface area contributed by atoms with Gasteiger partial charge >= 0.3 is 0 Å². The fourth-order valence-corrected chi connectivity index (χ4v) is 1.86. The lowest BCUT2D eigenvalue weighted by Gasteiger charge is -2.24. The average Bonchev–Trinajstić information content (AvgIpc) is 2.17. The van der Waals surface area contributed by atoms with Gasteiger partial charge in [-0.15, -0.1) is 0 Å². The summed E-state index contributed by atoms with van der Waals surface area (Å²) in [6, 6.07) is 6.12. The summed E-state index contributed by atoms with van der Waals surface area (Å²) in [6.45, 7) is 4.58. The van der Waals surface area contributed by atoms with Crippen LogP contribution in [-0.2, 0) is 11.2 Å². The van der Waals surface area contributed by atoms with Gasteiger partial charge in [0, 0.05) is 12.6 Å². The minimum atomic E-state index is -0.365. The van der Waals surface area contributed by atoms with Crippen LogP contribution in [0.5, 0.6) is 5.75 Å². The molecule has 1 atom stereocenters. The predicted molar refractivity (Wildman–Crippen MR) is 65.9 cm³/mol. The molecule has 0 aliphatic rings. The SMILES string of the molecule is COCC(C)(N)Cc1cc(C)ccc1OC. The molecule has 0 saturated heterocycles. The molecule has 90 valence electrons. The molecule has 1 unspecified atom stereocenters. The zero-order chi connectivity index (χ0) is 12.2. The zero-order valence-corrected chi connectivity index (χ0v) is 10.5. The summed E-state index contributed by atoms with van der Waals surface area (Å²) in [7, 11) is 3.34. The highest BCUT2D eigenvalue weighted by Gasteiger charge is 2.20. The molecule has 1 aromatic carbocycles. The fraction of sp³-hybridized carbons (Fsp3) is 0.538. The summed E-state index contributed by atoms with van der Waals surface area (Å²) in [5.41, 5.74) is 8.13. The molecule has 3 nitrogen and oxygen atoms in total. The highest BCUT2D eigenvalue weighted by Crippen LogP contribution is 2.23. The van der Waals surface area contributed by atoms with E-state index in [4.69, 9.17) is 15.2 Å². The second kappa shape index (κ2) is 5.32. The van der Waals surface area contributed by atoms with E-state index in [0.717, 1.165) is 17.7 Å². The minimum Gasteiger partial charge on any atom is -0.496 e. The topological polar surface area (TPSA) is 44.5 Å². The smallest absolute Gasteiger partial charge is 0.122 e. The van der Waals surface area contributed by atoms with Crippen molar-refractivity contribution in [3.63, 3.8) is 0 Å². The van der Waals surface area contributed by atoms with Crippen LogP contribution in [0.25, 0.3) is 0 Å². The van der Waals surface area contributed by atoms with Crippen molar-refractivity contribution in [3.05, 3.63) is 29.3 Å². The van der Waals surface area contributed by atoms with E-state index < -0.39 is 0 Å². The van der Waals surface area contributed by atoms with Gasteiger partial charge in [0.1, 0.15) is 5.75 Å². The molecule has 16 heavy (non-hydrogen) atoms. The number of ether oxygens (including phenoxy) is 2. The Hall–Kier alpha value is -1.06. The van der Waals surface area contributed by atoms with Crippen LogP contribution in [-0.4, -0.2) is 26.4 Å². The molecule has 0 aliphatic carbocycles. The molecular weight excluding hydrogens is 202 g/mol. The molecule has 0 heterocycles. The van der Waals surface area contributed by atoms with Crippen LogP contribution in [0.15, 0.2) is 18.2 Å². The van der Waals surface area contributed by atoms with E-state index in [9.17, 15) is 0 Å². The summed E-state index contributed by atoms with van der Waals surface area (Å²) in [6.07, 6.45) is 0.742. The maximum atomic E-state index is 6.15. The first-order valence-corrected chi connectivity index (χ1v) is 5.40. The lowest BCUT2D eigenvalue weighted by molar-refractivity contribution is 0.140. The van der Waals surface area contributed by atoms with Crippen molar-refractivity contribution >= 4 is 0 Å². The molecular formula is C13H21NO2. The highest BCUT2D eigenvalue weighted by molar-refractivity contribution is 5.38. The van der Waals surface area contributed by atoms with Crippen molar-refractivity contribution in [2.45, 2.75) is 25.8 Å². The van der Waals surface area contributed by atoms with Gasteiger partial charge in [0.15, 0.2) is 0 Å². The van der Waals surface area contributed by atoms with Crippen molar-refractivity contribution in [1.82, 2.24) is 0 Å². The first-order chi connectivity index (χ1) is 7.48. The lowest BCUT2D eigenvalue weighted by Crippen LogP contribution is -2.43. The van der Waals surface area contributed by atoms with Gasteiger partial charge < -0.3 is 15.2 Å². The van der Waals surface area contributed by atoms with Gasteiger partial charge in [0.05, 0.1) is 13.7 Å². The number of hydrogen-bond acceptors (Lipinski definition) is 3. The first kappa shape index (κ1) is 13.0. The van der Waals surface area contributed by atoms with Crippen LogP contribution in [0.4, 0.5) is 0 Å². The van der Waals surface area contributed by atoms with Crippen LogP contribution in [0, 0.1) is 6.92 Å². The molecule has 0 bridgehead atoms. The van der Waals surface area contributed by atoms with E-state index in [1.54, 1.807) is 14.2 Å². The largest absolute Gasteiger partial charge is 0.496 e. The van der Waals surface area contributed by atoms with Crippen molar-refractivity contribution in [1.29, 1.82) is 0 Å². The van der Waals surface area contributed by atoms with E-state index in [0.29, 0.717) is 6.61 Å². The van der Waals surface area contributed by atoms with Gasteiger partial charge in [0.25, 0.3) is 0 Å². The number of benzene rings is 1. The molecule has 2 N–H and O–H groups in total. The van der Waals surface area contributed by atoms with Crippen molar-refractivity contribution < 1.29 is 9.47 Å². The van der Waals surface area contributed by atoms with Crippen molar-refractivity contribution in [3.8, 4) is 5.75 Å². The predicted octanol–water partition coefficient (Wildman–Crippen LogP) is 1.91. The van der Waals surface area contributed by atoms with Gasteiger partial charge in [-0.2, -0.15) is 0 Å². The highest BCUT2D eigenvalue weighted by atomic mass is 16.5. The normalized spacial score (nSPS) is 14.6. The molecule has 0 radical (unpaired) electrons. The van der Waals surface area contributed by atoms with Gasteiger partial charge in [0.2, 0.25) is 0 Å². The Kier molecular flexibility index (Phi) is 4.33. The Morgan fingerprint density at radius 2 is 2.00 bits per heavy atom. The molecule has 0 amide bonds. The summed E-state index contributed by atoms with van der Waals surface area (Å²) in [5, 5.41) is 0. The second-order valence-electron chi connectivity index (χ2n) is 4.58. The Balaban J connectivity index is 2.90. The van der Waals surface area contributed by atoms with Crippen LogP contribution in [0.1, 0.15) is 18.1 Å². The van der Waals surface area contributed by atoms with Crippen LogP contribution >= 0.6 is 0 Å². The minimum absolute atomic E-state index is 0.365. The number of hydrogen-bond donors (Lipinski definition) is 1. The average molecular weight is 223 g/mol. The third-order valence-corrected chi connectivity index (χ3v) is 2.50. The third-order valence-electron chi connectivity index (χ3n) is 2.50. The molecule has 0 spiro atoms. The summed E-state index contributed by atoms with van der Waals surface area (Å²) < 4.78 is 10.4. The summed E-state index contributed by atoms with van der Waals surface area (Å²) in [4.78, 5) is 0. The van der Waals surface area contributed by atoms with E-state index in [1.807, 2.05) is 19.1 Å². The maximum absolute atomic E-state index is 6.15. The quantitative estimate of drug-likeness (QED) is 0.829. The second-order valence-corrected chi connectivity index (χ2v) is 4.58. The van der Waals surface area contributed by atoms with Crippen molar-refractivity contribution in [2.75, 3.05) is 20.8 Å². The Bertz CT molecular complexity index is 348. The zero-order valence-electron chi connectivity index (χ0n) is 10.5. The number of methoxy groups -OCH3 is 2. The Labute approximate surface area is 97.6 Å². The van der Waals surface area contributed by atoms with E-state index in [-0.39, 0.29) is 5.54 Å². The standard InChI is InChI=1S/C13H21NO2/c1-10-5-6-12(16-4)11(7-10)8-13(2,14)9-15-3/h5-7H,8-9,14H2,1-4H3. The molecule has 0 fully saturated rings. The van der Waals surface area contributed by atoms with Gasteiger partial charge in [-0.3, -0.25) is 0 Å². The molecule has 3 heteroatoms. The third kappa shape index (κ3) is 3.51. The number of aryl methyl sites for hydroxylation is 1. The van der Waals surface area contributed by atoms with Crippen LogP contribution < -0.4 is 10.5 Å². The van der Waals surface area contributed by atoms with Crippen LogP contribution in [0.3, 0.4) is 0 Å². The summed E-state index contributed by atoms with van der Waals surface area (Å²) >= 11 is 0. The summed E-state index contributed by atoms with van der Waals surface area (Å²) in [5.74, 6) is 0.887. The van der Waals surface area contributed by atoms with E-state index in [2.05, 4.69) is 13.0 Å². The Morgan fingerprint density at radius 1 is 1.31 bits per heavy atom. The Morgan fingerprint density at radius 3 is 2.56 bits per heavy atom.